The second-order valence-corrected chi connectivity index (χ2v) is 5.93. The number of carbonyl (C=O) groups is 2. The number of nitrogens with two attached hydrogens (primary N) is 1. The van der Waals surface area contributed by atoms with Gasteiger partial charge in [-0.25, -0.2) is 0 Å². The molecule has 1 aliphatic heterocycles. The predicted octanol–water partition coefficient (Wildman–Crippen LogP) is 0.0555. The van der Waals surface area contributed by atoms with E-state index in [-0.39, 0.29) is 23.8 Å². The van der Waals surface area contributed by atoms with E-state index >= 15 is 0 Å². The first-order chi connectivity index (χ1) is 11.1. The largest absolute Gasteiger partial charge is 0.358 e. The first-order valence-corrected chi connectivity index (χ1v) is 8.12. The molecular weight excluding hydrogens is 292 g/mol. The number of amides is 2. The average Bonchev–Trinajstić information content (AvgIpc) is 2.58. The fraction of sp³-hybridized carbons (Fsp3) is 0.529. The average molecular weight is 318 g/mol. The van der Waals surface area contributed by atoms with E-state index in [1.165, 1.54) is 0 Å². The SMILES string of the molecule is CNC(=O)CN1CCC(NC(=O)C(CN)c2ccccc2)CC1. The van der Waals surface area contributed by atoms with Gasteiger partial charge in [-0.2, -0.15) is 0 Å². The first-order valence-electron chi connectivity index (χ1n) is 8.12. The summed E-state index contributed by atoms with van der Waals surface area (Å²) in [5.41, 5.74) is 6.74. The Labute approximate surface area is 137 Å². The summed E-state index contributed by atoms with van der Waals surface area (Å²) in [6, 6.07) is 9.79. The molecule has 1 heterocycles. The lowest BCUT2D eigenvalue weighted by Crippen LogP contribution is -2.48. The molecule has 0 spiro atoms. The second kappa shape index (κ2) is 8.64. The van der Waals surface area contributed by atoms with E-state index < -0.39 is 0 Å². The van der Waals surface area contributed by atoms with Gasteiger partial charge in [0.15, 0.2) is 0 Å². The fourth-order valence-electron chi connectivity index (χ4n) is 2.90. The van der Waals surface area contributed by atoms with Crippen LogP contribution in [0, 0.1) is 0 Å². The van der Waals surface area contributed by atoms with E-state index in [2.05, 4.69) is 15.5 Å². The fourth-order valence-corrected chi connectivity index (χ4v) is 2.90. The molecule has 4 N–H and O–H groups in total. The van der Waals surface area contributed by atoms with E-state index in [1.807, 2.05) is 30.3 Å². The molecule has 1 saturated heterocycles. The van der Waals surface area contributed by atoms with E-state index in [0.29, 0.717) is 13.1 Å². The molecular formula is C17H26N4O2. The van der Waals surface area contributed by atoms with Crippen LogP contribution in [0.2, 0.25) is 0 Å². The molecule has 2 rings (SSSR count). The quantitative estimate of drug-likeness (QED) is 0.692. The first kappa shape index (κ1) is 17.4. The van der Waals surface area contributed by atoms with E-state index in [9.17, 15) is 9.59 Å². The van der Waals surface area contributed by atoms with Crippen molar-refractivity contribution in [2.45, 2.75) is 24.8 Å². The Morgan fingerprint density at radius 3 is 2.48 bits per heavy atom. The number of nitrogens with zero attached hydrogens (tertiary/aromatic N) is 1. The van der Waals surface area contributed by atoms with Gasteiger partial charge in [-0.15, -0.1) is 0 Å². The maximum absolute atomic E-state index is 12.5. The minimum absolute atomic E-state index is 0.0107. The lowest BCUT2D eigenvalue weighted by molar-refractivity contribution is -0.124. The highest BCUT2D eigenvalue weighted by atomic mass is 16.2. The Morgan fingerprint density at radius 1 is 1.26 bits per heavy atom. The summed E-state index contributed by atoms with van der Waals surface area (Å²) in [4.78, 5) is 26.0. The van der Waals surface area contributed by atoms with Gasteiger partial charge in [-0.1, -0.05) is 30.3 Å². The number of benzene rings is 1. The van der Waals surface area contributed by atoms with Crippen molar-refractivity contribution in [2.75, 3.05) is 33.2 Å². The summed E-state index contributed by atoms with van der Waals surface area (Å²) in [5, 5.41) is 5.74. The molecule has 1 atom stereocenters. The Balaban J connectivity index is 1.83. The zero-order valence-electron chi connectivity index (χ0n) is 13.6. The van der Waals surface area contributed by atoms with Crippen LogP contribution < -0.4 is 16.4 Å². The topological polar surface area (TPSA) is 87.5 Å². The van der Waals surface area contributed by atoms with Crippen molar-refractivity contribution >= 4 is 11.8 Å². The van der Waals surface area contributed by atoms with Crippen LogP contribution in [0.15, 0.2) is 30.3 Å². The summed E-state index contributed by atoms with van der Waals surface area (Å²) >= 11 is 0. The van der Waals surface area contributed by atoms with E-state index in [1.54, 1.807) is 7.05 Å². The summed E-state index contributed by atoms with van der Waals surface area (Å²) < 4.78 is 0. The van der Waals surface area contributed by atoms with Crippen molar-refractivity contribution < 1.29 is 9.59 Å². The highest BCUT2D eigenvalue weighted by Crippen LogP contribution is 2.16. The van der Waals surface area contributed by atoms with Crippen LogP contribution in [0.1, 0.15) is 24.3 Å². The number of nitrogens with one attached hydrogen (secondary N) is 2. The normalized spacial score (nSPS) is 17.5. The van der Waals surface area contributed by atoms with Crippen molar-refractivity contribution in [1.29, 1.82) is 0 Å². The number of likely N-dealkylation sites (N-methyl/N-ethyl adjacent to an activating group) is 1. The lowest BCUT2D eigenvalue weighted by atomic mass is 9.97. The van der Waals surface area contributed by atoms with Gasteiger partial charge in [0, 0.05) is 32.7 Å². The van der Waals surface area contributed by atoms with Crippen LogP contribution in [0.3, 0.4) is 0 Å². The zero-order valence-corrected chi connectivity index (χ0v) is 13.6. The third kappa shape index (κ3) is 5.04. The predicted molar refractivity (Wildman–Crippen MR) is 89.9 cm³/mol. The summed E-state index contributed by atoms with van der Waals surface area (Å²) in [6.45, 7) is 2.35. The van der Waals surface area contributed by atoms with Crippen molar-refractivity contribution in [3.8, 4) is 0 Å². The van der Waals surface area contributed by atoms with Crippen LogP contribution >= 0.6 is 0 Å². The van der Waals surface area contributed by atoms with Crippen LogP contribution in [0.25, 0.3) is 0 Å². The molecule has 126 valence electrons. The van der Waals surface area contributed by atoms with Gasteiger partial charge in [-0.05, 0) is 18.4 Å². The number of rotatable bonds is 6. The minimum atomic E-state index is -0.305. The van der Waals surface area contributed by atoms with Crippen molar-refractivity contribution in [2.24, 2.45) is 5.73 Å². The summed E-state index contributed by atoms with van der Waals surface area (Å²) in [6.07, 6.45) is 1.71. The Kier molecular flexibility index (Phi) is 6.55. The molecule has 2 amide bonds. The van der Waals surface area contributed by atoms with Gasteiger partial charge in [0.05, 0.1) is 12.5 Å². The molecule has 6 heteroatoms. The van der Waals surface area contributed by atoms with Crippen LogP contribution in [-0.4, -0.2) is 56.0 Å². The molecule has 1 aromatic carbocycles. The Bertz CT molecular complexity index is 513. The maximum atomic E-state index is 12.5. The van der Waals surface area contributed by atoms with Crippen molar-refractivity contribution in [3.63, 3.8) is 0 Å². The van der Waals surface area contributed by atoms with Crippen LogP contribution in [0.4, 0.5) is 0 Å². The van der Waals surface area contributed by atoms with Gasteiger partial charge < -0.3 is 16.4 Å². The molecule has 0 aromatic heterocycles. The monoisotopic (exact) mass is 318 g/mol. The molecule has 6 nitrogen and oxygen atoms in total. The maximum Gasteiger partial charge on any atom is 0.233 e. The molecule has 1 unspecified atom stereocenters. The number of hydrogen-bond donors (Lipinski definition) is 3. The summed E-state index contributed by atoms with van der Waals surface area (Å²) in [5.74, 6) is -0.289. The van der Waals surface area contributed by atoms with Crippen molar-refractivity contribution in [1.82, 2.24) is 15.5 Å². The van der Waals surface area contributed by atoms with Crippen LogP contribution in [0.5, 0.6) is 0 Å². The molecule has 23 heavy (non-hydrogen) atoms. The summed E-state index contributed by atoms with van der Waals surface area (Å²) in [7, 11) is 1.64. The molecule has 1 fully saturated rings. The Hall–Kier alpha value is -1.92. The number of likely N-dealkylation sites (tertiary alicyclic amines) is 1. The van der Waals surface area contributed by atoms with Gasteiger partial charge in [0.1, 0.15) is 0 Å². The van der Waals surface area contributed by atoms with Crippen molar-refractivity contribution in [3.05, 3.63) is 35.9 Å². The van der Waals surface area contributed by atoms with E-state index in [0.717, 1.165) is 31.5 Å². The molecule has 0 radical (unpaired) electrons. The third-order valence-corrected chi connectivity index (χ3v) is 4.33. The molecule has 0 bridgehead atoms. The van der Waals surface area contributed by atoms with Crippen LogP contribution in [-0.2, 0) is 9.59 Å². The second-order valence-electron chi connectivity index (χ2n) is 5.93. The minimum Gasteiger partial charge on any atom is -0.358 e. The number of carbonyl (C=O) groups excluding carboxylic acids is 2. The van der Waals surface area contributed by atoms with Gasteiger partial charge in [0.2, 0.25) is 11.8 Å². The molecule has 0 aliphatic carbocycles. The van der Waals surface area contributed by atoms with Gasteiger partial charge >= 0.3 is 0 Å². The highest BCUT2D eigenvalue weighted by molar-refractivity contribution is 5.84. The van der Waals surface area contributed by atoms with Gasteiger partial charge in [-0.3, -0.25) is 14.5 Å². The Morgan fingerprint density at radius 2 is 1.91 bits per heavy atom. The third-order valence-electron chi connectivity index (χ3n) is 4.33. The molecule has 1 aromatic rings. The standard InChI is InChI=1S/C17H26N4O2/c1-19-16(22)12-21-9-7-14(8-10-21)20-17(23)15(11-18)13-5-3-2-4-6-13/h2-6,14-15H,7-12,18H2,1H3,(H,19,22)(H,20,23). The zero-order chi connectivity index (χ0) is 16.7. The number of hydrogen-bond acceptors (Lipinski definition) is 4. The van der Waals surface area contributed by atoms with Gasteiger partial charge in [0.25, 0.3) is 0 Å². The molecule has 1 aliphatic rings. The lowest BCUT2D eigenvalue weighted by Gasteiger charge is -2.32. The number of piperidine rings is 1. The molecule has 0 saturated carbocycles. The smallest absolute Gasteiger partial charge is 0.233 e. The van der Waals surface area contributed by atoms with E-state index in [4.69, 9.17) is 5.73 Å². The highest BCUT2D eigenvalue weighted by Gasteiger charge is 2.25.